The standard InChI is InChI=1S/C14H25NO3/c1-4-14(5-2,6-3)15-11(16)10-13(12(17)18)8-7-9-13/h4-10H2,1-3H3,(H,15,16)(H,17,18). The van der Waals surface area contributed by atoms with Crippen LogP contribution in [0.15, 0.2) is 0 Å². The number of hydrogen-bond acceptors (Lipinski definition) is 2. The lowest BCUT2D eigenvalue weighted by Gasteiger charge is -2.39. The lowest BCUT2D eigenvalue weighted by molar-refractivity contribution is -0.158. The third kappa shape index (κ3) is 2.85. The Bertz CT molecular complexity index is 309. The number of aliphatic carboxylic acids is 1. The summed E-state index contributed by atoms with van der Waals surface area (Å²) in [6.07, 6.45) is 4.95. The number of nitrogens with one attached hydrogen (secondary N) is 1. The van der Waals surface area contributed by atoms with Crippen molar-refractivity contribution < 1.29 is 14.7 Å². The summed E-state index contributed by atoms with van der Waals surface area (Å²) in [6.45, 7) is 6.18. The van der Waals surface area contributed by atoms with Gasteiger partial charge in [-0.05, 0) is 32.1 Å². The third-order valence-electron chi connectivity index (χ3n) is 4.70. The van der Waals surface area contributed by atoms with Crippen molar-refractivity contribution in [1.82, 2.24) is 5.32 Å². The Balaban J connectivity index is 2.63. The van der Waals surface area contributed by atoms with Crippen LogP contribution in [-0.2, 0) is 9.59 Å². The van der Waals surface area contributed by atoms with Crippen molar-refractivity contribution in [3.8, 4) is 0 Å². The molecular weight excluding hydrogens is 230 g/mol. The Morgan fingerprint density at radius 3 is 1.94 bits per heavy atom. The number of rotatable bonds is 7. The normalized spacial score (nSPS) is 17.9. The van der Waals surface area contributed by atoms with Gasteiger partial charge in [0.1, 0.15) is 0 Å². The van der Waals surface area contributed by atoms with Crippen molar-refractivity contribution in [3.63, 3.8) is 0 Å². The molecule has 0 aliphatic heterocycles. The maximum Gasteiger partial charge on any atom is 0.310 e. The number of hydrogen-bond donors (Lipinski definition) is 2. The number of carbonyl (C=O) groups is 2. The van der Waals surface area contributed by atoms with Gasteiger partial charge in [-0.3, -0.25) is 9.59 Å². The highest BCUT2D eigenvalue weighted by Gasteiger charge is 2.46. The first kappa shape index (κ1) is 15.0. The van der Waals surface area contributed by atoms with Crippen LogP contribution in [-0.4, -0.2) is 22.5 Å². The highest BCUT2D eigenvalue weighted by Crippen LogP contribution is 2.44. The van der Waals surface area contributed by atoms with Crippen molar-refractivity contribution in [3.05, 3.63) is 0 Å². The molecule has 0 aromatic heterocycles. The van der Waals surface area contributed by atoms with Crippen LogP contribution in [0.25, 0.3) is 0 Å². The fraction of sp³-hybridized carbons (Fsp3) is 0.857. The number of amides is 1. The first-order valence-electron chi connectivity index (χ1n) is 6.98. The number of carboxylic acid groups (broad SMARTS) is 1. The molecule has 0 radical (unpaired) electrons. The average Bonchev–Trinajstić information content (AvgIpc) is 2.30. The second-order valence-corrected chi connectivity index (χ2v) is 5.50. The molecule has 1 aliphatic carbocycles. The molecule has 0 atom stereocenters. The zero-order chi connectivity index (χ0) is 13.8. The molecule has 0 aromatic carbocycles. The molecule has 0 aromatic rings. The van der Waals surface area contributed by atoms with Crippen molar-refractivity contribution in [2.75, 3.05) is 0 Å². The minimum atomic E-state index is -0.820. The van der Waals surface area contributed by atoms with E-state index in [-0.39, 0.29) is 17.9 Å². The summed E-state index contributed by atoms with van der Waals surface area (Å²) < 4.78 is 0. The molecule has 1 saturated carbocycles. The van der Waals surface area contributed by atoms with Gasteiger partial charge in [0, 0.05) is 12.0 Å². The lowest BCUT2D eigenvalue weighted by atomic mass is 9.66. The zero-order valence-electron chi connectivity index (χ0n) is 11.7. The summed E-state index contributed by atoms with van der Waals surface area (Å²) in [4.78, 5) is 23.3. The predicted octanol–water partition coefficient (Wildman–Crippen LogP) is 2.72. The van der Waals surface area contributed by atoms with Gasteiger partial charge in [0.25, 0.3) is 0 Å². The van der Waals surface area contributed by atoms with E-state index in [4.69, 9.17) is 0 Å². The van der Waals surface area contributed by atoms with Gasteiger partial charge < -0.3 is 10.4 Å². The fourth-order valence-corrected chi connectivity index (χ4v) is 2.73. The van der Waals surface area contributed by atoms with E-state index >= 15 is 0 Å². The highest BCUT2D eigenvalue weighted by atomic mass is 16.4. The van der Waals surface area contributed by atoms with Crippen LogP contribution in [0.1, 0.15) is 65.7 Å². The number of carbonyl (C=O) groups excluding carboxylic acids is 1. The third-order valence-corrected chi connectivity index (χ3v) is 4.70. The molecule has 1 amide bonds. The molecule has 1 fully saturated rings. The lowest BCUT2D eigenvalue weighted by Crippen LogP contribution is -2.50. The monoisotopic (exact) mass is 255 g/mol. The summed E-state index contributed by atoms with van der Waals surface area (Å²) in [5.74, 6) is -0.929. The molecule has 1 aliphatic rings. The topological polar surface area (TPSA) is 66.4 Å². The van der Waals surface area contributed by atoms with Crippen LogP contribution in [0.4, 0.5) is 0 Å². The Hall–Kier alpha value is -1.06. The van der Waals surface area contributed by atoms with Crippen LogP contribution in [0.3, 0.4) is 0 Å². The van der Waals surface area contributed by atoms with Crippen LogP contribution in [0.5, 0.6) is 0 Å². The molecule has 0 saturated heterocycles. The van der Waals surface area contributed by atoms with Gasteiger partial charge in [-0.2, -0.15) is 0 Å². The van der Waals surface area contributed by atoms with Crippen molar-refractivity contribution >= 4 is 11.9 Å². The predicted molar refractivity (Wildman–Crippen MR) is 70.3 cm³/mol. The maximum atomic E-state index is 12.1. The summed E-state index contributed by atoms with van der Waals surface area (Å²) in [6, 6.07) is 0. The van der Waals surface area contributed by atoms with E-state index < -0.39 is 11.4 Å². The zero-order valence-corrected chi connectivity index (χ0v) is 11.7. The Morgan fingerprint density at radius 1 is 1.17 bits per heavy atom. The van der Waals surface area contributed by atoms with E-state index in [0.29, 0.717) is 12.8 Å². The first-order valence-corrected chi connectivity index (χ1v) is 6.98. The maximum absolute atomic E-state index is 12.1. The molecule has 2 N–H and O–H groups in total. The molecule has 0 spiro atoms. The van der Waals surface area contributed by atoms with Crippen LogP contribution in [0, 0.1) is 5.41 Å². The molecule has 4 nitrogen and oxygen atoms in total. The second-order valence-electron chi connectivity index (χ2n) is 5.50. The van der Waals surface area contributed by atoms with Gasteiger partial charge in [-0.25, -0.2) is 0 Å². The summed E-state index contributed by atoms with van der Waals surface area (Å²) in [7, 11) is 0. The quantitative estimate of drug-likeness (QED) is 0.735. The van der Waals surface area contributed by atoms with Gasteiger partial charge in [-0.15, -0.1) is 0 Å². The van der Waals surface area contributed by atoms with E-state index in [1.807, 2.05) is 0 Å². The first-order chi connectivity index (χ1) is 8.43. The largest absolute Gasteiger partial charge is 0.481 e. The SMILES string of the molecule is CCC(CC)(CC)NC(=O)CC1(C(=O)O)CCC1. The van der Waals surface area contributed by atoms with Gasteiger partial charge in [-0.1, -0.05) is 27.2 Å². The van der Waals surface area contributed by atoms with E-state index in [2.05, 4.69) is 26.1 Å². The molecule has 18 heavy (non-hydrogen) atoms. The second kappa shape index (κ2) is 5.72. The van der Waals surface area contributed by atoms with Gasteiger partial charge in [0.15, 0.2) is 0 Å². The van der Waals surface area contributed by atoms with Crippen LogP contribution in [0.2, 0.25) is 0 Å². The minimum absolute atomic E-state index is 0.109. The van der Waals surface area contributed by atoms with Crippen molar-refractivity contribution in [1.29, 1.82) is 0 Å². The molecule has 1 rings (SSSR count). The van der Waals surface area contributed by atoms with Gasteiger partial charge in [0.2, 0.25) is 5.91 Å². The van der Waals surface area contributed by atoms with Crippen LogP contribution >= 0.6 is 0 Å². The van der Waals surface area contributed by atoms with E-state index in [1.165, 1.54) is 0 Å². The van der Waals surface area contributed by atoms with E-state index in [9.17, 15) is 14.7 Å². The van der Waals surface area contributed by atoms with Crippen molar-refractivity contribution in [2.24, 2.45) is 5.41 Å². The average molecular weight is 255 g/mol. The summed E-state index contributed by atoms with van der Waals surface area (Å²) in [5, 5.41) is 12.3. The number of carboxylic acids is 1. The van der Waals surface area contributed by atoms with E-state index in [0.717, 1.165) is 25.7 Å². The van der Waals surface area contributed by atoms with E-state index in [1.54, 1.807) is 0 Å². The Labute approximate surface area is 109 Å². The van der Waals surface area contributed by atoms with Gasteiger partial charge >= 0.3 is 5.97 Å². The fourth-order valence-electron chi connectivity index (χ4n) is 2.73. The summed E-state index contributed by atoms with van der Waals surface area (Å²) in [5.41, 5.74) is -0.953. The Morgan fingerprint density at radius 2 is 1.67 bits per heavy atom. The molecule has 0 unspecified atom stereocenters. The molecule has 4 heteroatoms. The molecule has 0 heterocycles. The molecule has 0 bridgehead atoms. The van der Waals surface area contributed by atoms with Crippen molar-refractivity contribution in [2.45, 2.75) is 71.3 Å². The summed E-state index contributed by atoms with van der Waals surface area (Å²) >= 11 is 0. The highest BCUT2D eigenvalue weighted by molar-refractivity contribution is 5.86. The smallest absolute Gasteiger partial charge is 0.310 e. The molecular formula is C14H25NO3. The van der Waals surface area contributed by atoms with Gasteiger partial charge in [0.05, 0.1) is 5.41 Å². The van der Waals surface area contributed by atoms with Crippen LogP contribution < -0.4 is 5.32 Å². The minimum Gasteiger partial charge on any atom is -0.481 e. The Kier molecular flexibility index (Phi) is 4.77. The molecule has 104 valence electrons.